The molecule has 0 amide bonds. The first-order chi connectivity index (χ1) is 11.0. The highest BCUT2D eigenvalue weighted by atomic mass is 19.3. The number of carbonyl (C=O) groups excluding carboxylic acids is 1. The number of para-hydroxylation sites is 1. The fraction of sp³-hybridized carbons (Fsp3) is 0.125. The maximum Gasteiger partial charge on any atom is 0.387 e. The number of halogens is 2. The van der Waals surface area contributed by atoms with E-state index < -0.39 is 12.6 Å². The second-order valence-electron chi connectivity index (χ2n) is 4.55. The number of aromatic carboxylic acids is 1. The van der Waals surface area contributed by atoms with Crippen molar-refractivity contribution in [2.24, 2.45) is 5.10 Å². The van der Waals surface area contributed by atoms with Gasteiger partial charge in [-0.15, -0.1) is 0 Å². The van der Waals surface area contributed by atoms with Gasteiger partial charge in [0, 0.05) is 5.56 Å². The molecular formula is C16H13F2N2O3-. The van der Waals surface area contributed by atoms with Gasteiger partial charge in [-0.1, -0.05) is 24.3 Å². The molecule has 0 unspecified atom stereocenters. The molecule has 23 heavy (non-hydrogen) atoms. The molecule has 2 rings (SSSR count). The maximum absolute atomic E-state index is 12.4. The highest BCUT2D eigenvalue weighted by Crippen LogP contribution is 2.21. The van der Waals surface area contributed by atoms with Gasteiger partial charge < -0.3 is 14.6 Å². The summed E-state index contributed by atoms with van der Waals surface area (Å²) in [4.78, 5) is 10.8. The fourth-order valence-electron chi connectivity index (χ4n) is 1.89. The lowest BCUT2D eigenvalue weighted by Gasteiger charge is -2.11. The van der Waals surface area contributed by atoms with Crippen molar-refractivity contribution in [3.05, 3.63) is 59.7 Å². The molecule has 7 heteroatoms. The van der Waals surface area contributed by atoms with Crippen LogP contribution in [-0.2, 0) is 0 Å². The predicted octanol–water partition coefficient (Wildman–Crippen LogP) is 2.49. The number of rotatable bonds is 6. The fourth-order valence-corrected chi connectivity index (χ4v) is 1.89. The quantitative estimate of drug-likeness (QED) is 0.656. The van der Waals surface area contributed by atoms with Crippen LogP contribution in [0, 0.1) is 0 Å². The van der Waals surface area contributed by atoms with E-state index in [0.29, 0.717) is 17.0 Å². The van der Waals surface area contributed by atoms with Crippen molar-refractivity contribution in [3.8, 4) is 5.75 Å². The zero-order valence-electron chi connectivity index (χ0n) is 12.1. The number of nitrogens with one attached hydrogen (secondary N) is 1. The third-order valence-electron chi connectivity index (χ3n) is 2.94. The number of ether oxygens (including phenoxy) is 1. The molecule has 1 N–H and O–H groups in total. The Kier molecular flexibility index (Phi) is 5.24. The molecule has 0 fully saturated rings. The van der Waals surface area contributed by atoms with Crippen molar-refractivity contribution in [2.75, 3.05) is 5.43 Å². The van der Waals surface area contributed by atoms with Gasteiger partial charge in [-0.05, 0) is 36.8 Å². The van der Waals surface area contributed by atoms with Crippen LogP contribution < -0.4 is 15.3 Å². The Bertz CT molecular complexity index is 733. The van der Waals surface area contributed by atoms with Crippen LogP contribution in [0.4, 0.5) is 14.5 Å². The molecule has 2 aromatic carbocycles. The zero-order chi connectivity index (χ0) is 16.8. The molecule has 0 saturated carbocycles. The highest BCUT2D eigenvalue weighted by Gasteiger charge is 2.11. The molecule has 0 spiro atoms. The summed E-state index contributed by atoms with van der Waals surface area (Å²) in [7, 11) is 0. The van der Waals surface area contributed by atoms with Crippen LogP contribution in [0.2, 0.25) is 0 Å². The van der Waals surface area contributed by atoms with E-state index in [1.807, 2.05) is 0 Å². The Balaban J connectivity index is 2.20. The monoisotopic (exact) mass is 319 g/mol. The Morgan fingerprint density at radius 3 is 2.65 bits per heavy atom. The zero-order valence-corrected chi connectivity index (χ0v) is 12.1. The van der Waals surface area contributed by atoms with Crippen LogP contribution in [0.15, 0.2) is 53.6 Å². The first-order valence-corrected chi connectivity index (χ1v) is 6.63. The van der Waals surface area contributed by atoms with Gasteiger partial charge in [0.05, 0.1) is 17.4 Å². The number of hydrazone groups is 1. The number of anilines is 1. The summed E-state index contributed by atoms with van der Waals surface area (Å²) in [5.74, 6) is -1.29. The summed E-state index contributed by atoms with van der Waals surface area (Å²) in [5.41, 5.74) is 3.91. The summed E-state index contributed by atoms with van der Waals surface area (Å²) >= 11 is 0. The van der Waals surface area contributed by atoms with Gasteiger partial charge in [-0.3, -0.25) is 5.43 Å². The number of alkyl halides is 2. The summed E-state index contributed by atoms with van der Waals surface area (Å²) < 4.78 is 29.2. The molecule has 0 aliphatic heterocycles. The number of carboxylic acid groups (broad SMARTS) is 1. The minimum absolute atomic E-state index is 0.00397. The van der Waals surface area contributed by atoms with Crippen LogP contribution >= 0.6 is 0 Å². The van der Waals surface area contributed by atoms with Gasteiger partial charge in [0.1, 0.15) is 5.75 Å². The number of benzene rings is 2. The van der Waals surface area contributed by atoms with Crippen LogP contribution in [0.25, 0.3) is 0 Å². The topological polar surface area (TPSA) is 73.8 Å². The van der Waals surface area contributed by atoms with Crippen molar-refractivity contribution < 1.29 is 23.4 Å². The summed E-state index contributed by atoms with van der Waals surface area (Å²) in [6.07, 6.45) is 0. The van der Waals surface area contributed by atoms with Crippen molar-refractivity contribution in [2.45, 2.75) is 13.5 Å². The van der Waals surface area contributed by atoms with Gasteiger partial charge in [-0.2, -0.15) is 13.9 Å². The average Bonchev–Trinajstić information content (AvgIpc) is 2.53. The molecule has 0 heterocycles. The lowest BCUT2D eigenvalue weighted by Crippen LogP contribution is -2.22. The van der Waals surface area contributed by atoms with Crippen LogP contribution in [-0.4, -0.2) is 18.3 Å². The van der Waals surface area contributed by atoms with Crippen LogP contribution in [0.3, 0.4) is 0 Å². The third-order valence-corrected chi connectivity index (χ3v) is 2.94. The van der Waals surface area contributed by atoms with Crippen molar-refractivity contribution >= 4 is 17.4 Å². The SMILES string of the molecule is C/C(=N/Nc1cccc(C(=O)[O-])c1)c1ccccc1OC(F)F. The van der Waals surface area contributed by atoms with E-state index in [1.165, 1.54) is 24.3 Å². The predicted molar refractivity (Wildman–Crippen MR) is 79.7 cm³/mol. The van der Waals surface area contributed by atoms with Gasteiger partial charge >= 0.3 is 6.61 Å². The summed E-state index contributed by atoms with van der Waals surface area (Å²) in [6, 6.07) is 12.1. The molecule has 0 radical (unpaired) electrons. The first-order valence-electron chi connectivity index (χ1n) is 6.63. The molecule has 120 valence electrons. The van der Waals surface area contributed by atoms with Crippen LogP contribution in [0.1, 0.15) is 22.8 Å². The molecule has 0 aliphatic rings. The second-order valence-corrected chi connectivity index (χ2v) is 4.55. The minimum atomic E-state index is -2.93. The number of hydrogen-bond acceptors (Lipinski definition) is 5. The molecular weight excluding hydrogens is 306 g/mol. The number of nitrogens with zero attached hydrogens (tertiary/aromatic N) is 1. The minimum Gasteiger partial charge on any atom is -0.545 e. The second kappa shape index (κ2) is 7.35. The van der Waals surface area contributed by atoms with Gasteiger partial charge in [0.2, 0.25) is 0 Å². The first kappa shape index (κ1) is 16.4. The average molecular weight is 319 g/mol. The standard InChI is InChI=1S/C16H14F2N2O3/c1-10(13-7-2-3-8-14(13)23-16(17)18)19-20-12-6-4-5-11(9-12)15(21)22/h2-9,16,20H,1H3,(H,21,22)/p-1/b19-10-. The normalized spacial score (nSPS) is 11.4. The Morgan fingerprint density at radius 2 is 1.96 bits per heavy atom. The largest absolute Gasteiger partial charge is 0.545 e. The van der Waals surface area contributed by atoms with E-state index in [9.17, 15) is 18.7 Å². The highest BCUT2D eigenvalue weighted by molar-refractivity contribution is 6.01. The molecule has 2 aromatic rings. The molecule has 0 aliphatic carbocycles. The van der Waals surface area contributed by atoms with E-state index in [1.54, 1.807) is 31.2 Å². The van der Waals surface area contributed by atoms with E-state index in [0.717, 1.165) is 0 Å². The Hall–Kier alpha value is -2.96. The smallest absolute Gasteiger partial charge is 0.387 e. The van der Waals surface area contributed by atoms with Crippen molar-refractivity contribution in [1.29, 1.82) is 0 Å². The summed E-state index contributed by atoms with van der Waals surface area (Å²) in [6.45, 7) is -1.32. The maximum atomic E-state index is 12.4. The van der Waals surface area contributed by atoms with Gasteiger partial charge in [-0.25, -0.2) is 0 Å². The van der Waals surface area contributed by atoms with Crippen LogP contribution in [0.5, 0.6) is 5.75 Å². The molecule has 0 atom stereocenters. The molecule has 0 bridgehead atoms. The van der Waals surface area contributed by atoms with E-state index in [4.69, 9.17) is 0 Å². The lowest BCUT2D eigenvalue weighted by atomic mass is 10.1. The lowest BCUT2D eigenvalue weighted by molar-refractivity contribution is -0.255. The molecule has 5 nitrogen and oxygen atoms in total. The Labute approximate surface area is 131 Å². The van der Waals surface area contributed by atoms with E-state index in [-0.39, 0.29) is 11.3 Å². The van der Waals surface area contributed by atoms with Gasteiger partial charge in [0.15, 0.2) is 0 Å². The summed E-state index contributed by atoms with van der Waals surface area (Å²) in [5, 5.41) is 14.9. The number of hydrogen-bond donors (Lipinski definition) is 1. The van der Waals surface area contributed by atoms with Crippen molar-refractivity contribution in [1.82, 2.24) is 0 Å². The molecule has 0 aromatic heterocycles. The molecule has 0 saturated heterocycles. The van der Waals surface area contributed by atoms with E-state index in [2.05, 4.69) is 15.3 Å². The third kappa shape index (κ3) is 4.50. The van der Waals surface area contributed by atoms with Gasteiger partial charge in [0.25, 0.3) is 0 Å². The van der Waals surface area contributed by atoms with E-state index >= 15 is 0 Å². The number of carboxylic acids is 1. The number of carbonyl (C=O) groups is 1. The van der Waals surface area contributed by atoms with Crippen molar-refractivity contribution in [3.63, 3.8) is 0 Å². The Morgan fingerprint density at radius 1 is 1.22 bits per heavy atom.